The Labute approximate surface area is 235 Å². The number of benzene rings is 4. The van der Waals surface area contributed by atoms with Crippen LogP contribution in [0, 0.1) is 3.57 Å². The molecule has 1 heterocycles. The molecule has 5 nitrogen and oxygen atoms in total. The number of amidine groups is 1. The van der Waals surface area contributed by atoms with Gasteiger partial charge in [-0.2, -0.15) is 0 Å². The summed E-state index contributed by atoms with van der Waals surface area (Å²) in [5.41, 5.74) is 2.69. The lowest BCUT2D eigenvalue weighted by molar-refractivity contribution is -0.115. The van der Waals surface area contributed by atoms with E-state index < -0.39 is 0 Å². The molecule has 4 aromatic carbocycles. The Morgan fingerprint density at radius 3 is 2.69 bits per heavy atom. The van der Waals surface area contributed by atoms with Gasteiger partial charge in [-0.1, -0.05) is 48.5 Å². The molecule has 4 aromatic rings. The standard InChI is InChI=1S/C28H20BrIN2O3S/c1-34-24-13-17(14-25-27(33)32-28(36-25)31-21-10-5-9-20(30)15-21)12-23(29)26(24)35-16-19-8-4-7-18-6-2-3-11-22(18)19/h2-15H,16H2,1H3,(H,31,32,33)/b25-14+. The Morgan fingerprint density at radius 2 is 1.86 bits per heavy atom. The van der Waals surface area contributed by atoms with Crippen molar-refractivity contribution in [1.82, 2.24) is 5.32 Å². The van der Waals surface area contributed by atoms with E-state index in [2.05, 4.69) is 73.1 Å². The van der Waals surface area contributed by atoms with E-state index in [0.29, 0.717) is 28.2 Å². The van der Waals surface area contributed by atoms with Gasteiger partial charge in [0.05, 0.1) is 22.2 Å². The van der Waals surface area contributed by atoms with Crippen LogP contribution in [0.5, 0.6) is 11.5 Å². The lowest BCUT2D eigenvalue weighted by Crippen LogP contribution is -2.19. The summed E-state index contributed by atoms with van der Waals surface area (Å²) in [6.07, 6.45) is 1.82. The van der Waals surface area contributed by atoms with Gasteiger partial charge in [0.15, 0.2) is 16.7 Å². The van der Waals surface area contributed by atoms with Crippen LogP contribution in [0.25, 0.3) is 16.8 Å². The number of hydrogen-bond donors (Lipinski definition) is 1. The molecule has 5 rings (SSSR count). The molecule has 0 saturated carbocycles. The van der Waals surface area contributed by atoms with E-state index in [-0.39, 0.29) is 5.91 Å². The second-order valence-electron chi connectivity index (χ2n) is 7.92. The second kappa shape index (κ2) is 11.1. The predicted molar refractivity (Wildman–Crippen MR) is 159 cm³/mol. The highest BCUT2D eigenvalue weighted by atomic mass is 127. The zero-order chi connectivity index (χ0) is 25.1. The number of thioether (sulfide) groups is 1. The first kappa shape index (κ1) is 24.9. The van der Waals surface area contributed by atoms with Crippen LogP contribution in [0.4, 0.5) is 5.69 Å². The second-order valence-corrected chi connectivity index (χ2v) is 11.1. The van der Waals surface area contributed by atoms with Gasteiger partial charge in [-0.15, -0.1) is 0 Å². The maximum Gasteiger partial charge on any atom is 0.264 e. The minimum absolute atomic E-state index is 0.184. The van der Waals surface area contributed by atoms with Crippen LogP contribution < -0.4 is 14.8 Å². The van der Waals surface area contributed by atoms with Crippen LogP contribution in [0.1, 0.15) is 11.1 Å². The summed E-state index contributed by atoms with van der Waals surface area (Å²) in [6.45, 7) is 0.396. The number of amides is 1. The van der Waals surface area contributed by atoms with Gasteiger partial charge in [-0.05, 0) is 109 Å². The van der Waals surface area contributed by atoms with Crippen molar-refractivity contribution in [2.24, 2.45) is 4.99 Å². The average molecular weight is 671 g/mol. The molecule has 0 spiro atoms. The number of methoxy groups -OCH3 is 1. The molecule has 0 bridgehead atoms. The van der Waals surface area contributed by atoms with Gasteiger partial charge < -0.3 is 14.8 Å². The fourth-order valence-corrected chi connectivity index (χ4v) is 5.77. The minimum atomic E-state index is -0.184. The molecule has 8 heteroatoms. The lowest BCUT2D eigenvalue weighted by atomic mass is 10.1. The van der Waals surface area contributed by atoms with E-state index in [0.717, 1.165) is 30.2 Å². The number of halogens is 2. The van der Waals surface area contributed by atoms with Crippen molar-refractivity contribution in [2.75, 3.05) is 7.11 Å². The van der Waals surface area contributed by atoms with Crippen molar-refractivity contribution >= 4 is 83.9 Å². The summed E-state index contributed by atoms with van der Waals surface area (Å²) in [6, 6.07) is 26.0. The first-order valence-electron chi connectivity index (χ1n) is 11.0. The Bertz CT molecular complexity index is 1530. The molecule has 0 aromatic heterocycles. The van der Waals surface area contributed by atoms with Crippen LogP contribution in [-0.2, 0) is 11.4 Å². The lowest BCUT2D eigenvalue weighted by Gasteiger charge is -2.15. The van der Waals surface area contributed by atoms with Crippen LogP contribution in [0.3, 0.4) is 0 Å². The third-order valence-corrected chi connectivity index (χ3v) is 7.66. The van der Waals surface area contributed by atoms with Crippen molar-refractivity contribution in [1.29, 1.82) is 0 Å². The third-order valence-electron chi connectivity index (χ3n) is 5.49. The molecule has 1 amide bonds. The molecule has 1 saturated heterocycles. The largest absolute Gasteiger partial charge is 0.493 e. The van der Waals surface area contributed by atoms with E-state index in [9.17, 15) is 4.79 Å². The van der Waals surface area contributed by atoms with Gasteiger partial charge in [-0.25, -0.2) is 4.99 Å². The Kier molecular flexibility index (Phi) is 7.64. The van der Waals surface area contributed by atoms with E-state index in [4.69, 9.17) is 9.47 Å². The first-order valence-corrected chi connectivity index (χ1v) is 13.7. The van der Waals surface area contributed by atoms with Crippen molar-refractivity contribution in [3.8, 4) is 11.5 Å². The van der Waals surface area contributed by atoms with Crippen LogP contribution in [0.15, 0.2) is 93.2 Å². The van der Waals surface area contributed by atoms with Gasteiger partial charge in [-0.3, -0.25) is 4.79 Å². The fraction of sp³-hybridized carbons (Fsp3) is 0.0714. The van der Waals surface area contributed by atoms with Crippen molar-refractivity contribution in [2.45, 2.75) is 6.61 Å². The molecule has 0 unspecified atom stereocenters. The highest BCUT2D eigenvalue weighted by Gasteiger charge is 2.24. The normalized spacial score (nSPS) is 15.5. The minimum Gasteiger partial charge on any atom is -0.493 e. The van der Waals surface area contributed by atoms with E-state index in [1.54, 1.807) is 7.11 Å². The van der Waals surface area contributed by atoms with Crippen molar-refractivity contribution < 1.29 is 14.3 Å². The number of carbonyl (C=O) groups excluding carboxylic acids is 1. The Hall–Kier alpha value is -2.82. The molecule has 36 heavy (non-hydrogen) atoms. The molecule has 1 N–H and O–H groups in total. The van der Waals surface area contributed by atoms with Gasteiger partial charge in [0.25, 0.3) is 5.91 Å². The summed E-state index contributed by atoms with van der Waals surface area (Å²) in [5.74, 6) is 1.00. The molecule has 0 radical (unpaired) electrons. The highest BCUT2D eigenvalue weighted by molar-refractivity contribution is 14.1. The molecule has 1 fully saturated rings. The van der Waals surface area contributed by atoms with E-state index >= 15 is 0 Å². The fourth-order valence-electron chi connectivity index (χ4n) is 3.83. The number of carbonyl (C=O) groups is 1. The summed E-state index contributed by atoms with van der Waals surface area (Å²) in [5, 5.41) is 5.71. The Balaban J connectivity index is 1.37. The van der Waals surface area contributed by atoms with Crippen LogP contribution in [0.2, 0.25) is 0 Å². The molecular formula is C28H20BrIN2O3S. The summed E-state index contributed by atoms with van der Waals surface area (Å²) < 4.78 is 13.6. The van der Waals surface area contributed by atoms with E-state index in [1.807, 2.05) is 60.7 Å². The quantitative estimate of drug-likeness (QED) is 0.169. The zero-order valence-corrected chi connectivity index (χ0v) is 23.7. The number of nitrogens with zero attached hydrogens (tertiary/aromatic N) is 1. The number of fused-ring (bicyclic) bond motifs is 1. The third kappa shape index (κ3) is 5.61. The average Bonchev–Trinajstić information content (AvgIpc) is 3.21. The molecular weight excluding hydrogens is 651 g/mol. The number of nitrogens with one attached hydrogen (secondary N) is 1. The topological polar surface area (TPSA) is 59.9 Å². The highest BCUT2D eigenvalue weighted by Crippen LogP contribution is 2.39. The first-order chi connectivity index (χ1) is 17.5. The van der Waals surface area contributed by atoms with Gasteiger partial charge in [0.1, 0.15) is 6.61 Å². The van der Waals surface area contributed by atoms with Crippen LogP contribution in [-0.4, -0.2) is 18.2 Å². The monoisotopic (exact) mass is 670 g/mol. The summed E-state index contributed by atoms with van der Waals surface area (Å²) in [4.78, 5) is 17.7. The number of ether oxygens (including phenoxy) is 2. The van der Waals surface area contributed by atoms with Crippen molar-refractivity contribution in [3.63, 3.8) is 0 Å². The Morgan fingerprint density at radius 1 is 1.06 bits per heavy atom. The molecule has 0 atom stereocenters. The van der Waals surface area contributed by atoms with Crippen LogP contribution >= 0.6 is 50.3 Å². The van der Waals surface area contributed by atoms with Gasteiger partial charge in [0.2, 0.25) is 0 Å². The number of aliphatic imine (C=N–C) groups is 1. The van der Waals surface area contributed by atoms with Gasteiger partial charge >= 0.3 is 0 Å². The van der Waals surface area contributed by atoms with E-state index in [1.165, 1.54) is 17.1 Å². The smallest absolute Gasteiger partial charge is 0.264 e. The SMILES string of the molecule is COc1cc(/C=C2/SC(=Nc3cccc(I)c3)NC2=O)cc(Br)c1OCc1cccc2ccccc12. The molecule has 1 aliphatic rings. The summed E-state index contributed by atoms with van der Waals surface area (Å²) in [7, 11) is 1.60. The molecule has 180 valence electrons. The summed E-state index contributed by atoms with van der Waals surface area (Å²) >= 11 is 7.17. The number of hydrogen-bond acceptors (Lipinski definition) is 5. The van der Waals surface area contributed by atoms with Crippen molar-refractivity contribution in [3.05, 3.63) is 103 Å². The predicted octanol–water partition coefficient (Wildman–Crippen LogP) is 7.69. The molecule has 0 aliphatic carbocycles. The zero-order valence-electron chi connectivity index (χ0n) is 19.1. The maximum atomic E-state index is 12.6. The van der Waals surface area contributed by atoms with Gasteiger partial charge in [0, 0.05) is 3.57 Å². The maximum absolute atomic E-state index is 12.6. The number of rotatable bonds is 6. The molecule has 1 aliphatic heterocycles.